The Labute approximate surface area is 222 Å². The van der Waals surface area contributed by atoms with Gasteiger partial charge in [-0.3, -0.25) is 0 Å². The first-order valence-electron chi connectivity index (χ1n) is 11.0. The maximum absolute atomic E-state index is 13.4. The quantitative estimate of drug-likeness (QED) is 0.268. The van der Waals surface area contributed by atoms with Crippen LogP contribution >= 0.6 is 39.1 Å². The third-order valence-electron chi connectivity index (χ3n) is 6.06. The molecule has 4 aromatic carbocycles. The molecule has 2 amide bonds. The highest BCUT2D eigenvalue weighted by molar-refractivity contribution is 9.10. The summed E-state index contributed by atoms with van der Waals surface area (Å²) in [6.07, 6.45) is 0. The second kappa shape index (κ2) is 9.86. The third kappa shape index (κ3) is 4.72. The number of hydrogen-bond donors (Lipinski definition) is 1. The molecule has 0 radical (unpaired) electrons. The van der Waals surface area contributed by atoms with Crippen molar-refractivity contribution in [1.29, 1.82) is 0 Å². The summed E-state index contributed by atoms with van der Waals surface area (Å²) in [5.41, 5.74) is 3.62. The van der Waals surface area contributed by atoms with Crippen LogP contribution in [0.2, 0.25) is 10.0 Å². The first-order valence-corrected chi connectivity index (χ1v) is 12.5. The summed E-state index contributed by atoms with van der Waals surface area (Å²) < 4.78 is 0.936. The van der Waals surface area contributed by atoms with Gasteiger partial charge in [-0.25, -0.2) is 9.80 Å². The fraction of sp³-hybridized carbons (Fsp3) is 0.0714. The van der Waals surface area contributed by atoms with E-state index in [-0.39, 0.29) is 6.03 Å². The number of nitrogens with zero attached hydrogens (tertiary/aromatic N) is 2. The predicted molar refractivity (Wildman–Crippen MR) is 147 cm³/mol. The van der Waals surface area contributed by atoms with E-state index in [2.05, 4.69) is 33.4 Å². The van der Waals surface area contributed by atoms with Gasteiger partial charge in [0.15, 0.2) is 0 Å². The highest BCUT2D eigenvalue weighted by Crippen LogP contribution is 2.42. The molecular formula is C28H20BrCl2N3O. The van der Waals surface area contributed by atoms with Crippen molar-refractivity contribution < 1.29 is 4.79 Å². The van der Waals surface area contributed by atoms with Crippen LogP contribution in [0.5, 0.6) is 0 Å². The van der Waals surface area contributed by atoms with Crippen LogP contribution in [-0.2, 0) is 5.41 Å². The van der Waals surface area contributed by atoms with Gasteiger partial charge in [0, 0.05) is 20.2 Å². The lowest BCUT2D eigenvalue weighted by Crippen LogP contribution is -2.42. The third-order valence-corrected chi connectivity index (χ3v) is 7.10. The molecule has 1 aliphatic heterocycles. The van der Waals surface area contributed by atoms with E-state index < -0.39 is 5.41 Å². The molecule has 0 spiro atoms. The normalized spacial score (nSPS) is 17.2. The van der Waals surface area contributed by atoms with Gasteiger partial charge in [-0.2, -0.15) is 5.10 Å². The van der Waals surface area contributed by atoms with E-state index in [0.717, 1.165) is 26.9 Å². The summed E-state index contributed by atoms with van der Waals surface area (Å²) in [5, 5.41) is 10.6. The molecule has 1 aliphatic rings. The van der Waals surface area contributed by atoms with Crippen LogP contribution in [0.1, 0.15) is 16.7 Å². The zero-order chi connectivity index (χ0) is 24.4. The van der Waals surface area contributed by atoms with Crippen molar-refractivity contribution >= 4 is 56.6 Å². The van der Waals surface area contributed by atoms with Crippen molar-refractivity contribution in [3.63, 3.8) is 0 Å². The van der Waals surface area contributed by atoms with Gasteiger partial charge in [0.05, 0.1) is 17.7 Å². The minimum atomic E-state index is -0.712. The van der Waals surface area contributed by atoms with Crippen molar-refractivity contribution in [1.82, 2.24) is 5.01 Å². The van der Waals surface area contributed by atoms with E-state index in [4.69, 9.17) is 28.3 Å². The molecule has 1 heterocycles. The molecule has 1 atom stereocenters. The number of amides is 2. The van der Waals surface area contributed by atoms with Crippen molar-refractivity contribution in [3.05, 3.63) is 134 Å². The minimum absolute atomic E-state index is 0.314. The molecule has 7 heteroatoms. The van der Waals surface area contributed by atoms with Crippen LogP contribution in [0.15, 0.2) is 113 Å². The number of urea groups is 1. The number of carbonyl (C=O) groups excluding carboxylic acids is 1. The molecular weight excluding hydrogens is 545 g/mol. The number of rotatable bonds is 4. The molecule has 1 N–H and O–H groups in total. The van der Waals surface area contributed by atoms with E-state index in [1.165, 1.54) is 5.01 Å². The van der Waals surface area contributed by atoms with E-state index in [1.807, 2.05) is 91.0 Å². The summed E-state index contributed by atoms with van der Waals surface area (Å²) in [6.45, 7) is 0.318. The second-order valence-electron chi connectivity index (χ2n) is 8.23. The van der Waals surface area contributed by atoms with E-state index >= 15 is 0 Å². The molecule has 4 nitrogen and oxygen atoms in total. The number of benzene rings is 4. The van der Waals surface area contributed by atoms with Gasteiger partial charge in [-0.1, -0.05) is 93.7 Å². The summed E-state index contributed by atoms with van der Waals surface area (Å²) in [4.78, 5) is 13.4. The van der Waals surface area contributed by atoms with Gasteiger partial charge in [0.25, 0.3) is 0 Å². The molecule has 5 rings (SSSR count). The molecule has 0 saturated heterocycles. The Hall–Kier alpha value is -3.12. The van der Waals surface area contributed by atoms with Crippen molar-refractivity contribution in [3.8, 4) is 0 Å². The van der Waals surface area contributed by atoms with Gasteiger partial charge in [0.1, 0.15) is 0 Å². The summed E-state index contributed by atoms with van der Waals surface area (Å²) in [5.74, 6) is 0. The minimum Gasteiger partial charge on any atom is -0.306 e. The maximum Gasteiger partial charge on any atom is 0.342 e. The Morgan fingerprint density at radius 2 is 1.37 bits per heavy atom. The summed E-state index contributed by atoms with van der Waals surface area (Å²) >= 11 is 15.9. The average molecular weight is 565 g/mol. The zero-order valence-corrected chi connectivity index (χ0v) is 21.6. The number of carbonyl (C=O) groups is 1. The topological polar surface area (TPSA) is 44.7 Å². The monoisotopic (exact) mass is 563 g/mol. The van der Waals surface area contributed by atoms with Crippen LogP contribution in [0.4, 0.5) is 10.5 Å². The van der Waals surface area contributed by atoms with Crippen LogP contribution in [0.3, 0.4) is 0 Å². The molecule has 1 unspecified atom stereocenters. The van der Waals surface area contributed by atoms with Crippen LogP contribution in [0, 0.1) is 0 Å². The van der Waals surface area contributed by atoms with Crippen LogP contribution in [-0.4, -0.2) is 23.3 Å². The number of anilines is 1. The lowest BCUT2D eigenvalue weighted by molar-refractivity contribution is 0.215. The highest BCUT2D eigenvalue weighted by Gasteiger charge is 2.48. The van der Waals surface area contributed by atoms with Crippen molar-refractivity contribution in [2.24, 2.45) is 5.10 Å². The fourth-order valence-corrected chi connectivity index (χ4v) is 4.89. The molecule has 0 bridgehead atoms. The SMILES string of the molecule is O=C(Nc1ccc(Br)cc1)N1CC(c2ccccc2)(c2ccc(Cl)cc2)C(c2ccc(Cl)cc2)=N1. The van der Waals surface area contributed by atoms with Gasteiger partial charge in [-0.15, -0.1) is 0 Å². The molecule has 0 aromatic heterocycles. The van der Waals surface area contributed by atoms with Gasteiger partial charge in [-0.05, 0) is 65.2 Å². The summed E-state index contributed by atoms with van der Waals surface area (Å²) in [7, 11) is 0. The Balaban J connectivity index is 1.64. The Morgan fingerprint density at radius 3 is 2.00 bits per heavy atom. The Kier molecular flexibility index (Phi) is 6.65. The maximum atomic E-state index is 13.4. The lowest BCUT2D eigenvalue weighted by Gasteiger charge is -2.32. The Bertz CT molecular complexity index is 1370. The molecule has 0 fully saturated rings. The Morgan fingerprint density at radius 1 is 0.800 bits per heavy atom. The smallest absolute Gasteiger partial charge is 0.306 e. The van der Waals surface area contributed by atoms with Crippen molar-refractivity contribution in [2.45, 2.75) is 5.41 Å². The number of nitrogens with one attached hydrogen (secondary N) is 1. The first kappa shape index (κ1) is 23.6. The van der Waals surface area contributed by atoms with Gasteiger partial charge < -0.3 is 5.32 Å². The number of hydrazone groups is 1. The van der Waals surface area contributed by atoms with E-state index in [1.54, 1.807) is 0 Å². The zero-order valence-electron chi connectivity index (χ0n) is 18.5. The van der Waals surface area contributed by atoms with Gasteiger partial charge in [0.2, 0.25) is 0 Å². The average Bonchev–Trinajstić information content (AvgIpc) is 3.29. The van der Waals surface area contributed by atoms with Crippen LogP contribution in [0.25, 0.3) is 0 Å². The van der Waals surface area contributed by atoms with Crippen molar-refractivity contribution in [2.75, 3.05) is 11.9 Å². The standard InChI is InChI=1S/C28H20BrCl2N3O/c29-22-10-16-25(17-11-22)32-27(35)34-18-28(20-4-2-1-3-5-20,21-8-14-24(31)15-9-21)26(33-34)19-6-12-23(30)13-7-19/h1-17H,18H2,(H,32,35). The van der Waals surface area contributed by atoms with E-state index in [9.17, 15) is 4.79 Å². The molecule has 0 saturated carbocycles. The van der Waals surface area contributed by atoms with Crippen LogP contribution < -0.4 is 5.32 Å². The van der Waals surface area contributed by atoms with Gasteiger partial charge >= 0.3 is 6.03 Å². The molecule has 35 heavy (non-hydrogen) atoms. The fourth-order valence-electron chi connectivity index (χ4n) is 4.37. The molecule has 4 aromatic rings. The highest BCUT2D eigenvalue weighted by atomic mass is 79.9. The largest absolute Gasteiger partial charge is 0.342 e. The molecule has 174 valence electrons. The molecule has 0 aliphatic carbocycles. The summed E-state index contributed by atoms with van der Waals surface area (Å²) in [6, 6.07) is 32.5. The number of halogens is 3. The van der Waals surface area contributed by atoms with E-state index in [0.29, 0.717) is 22.3 Å². The lowest BCUT2D eigenvalue weighted by atomic mass is 9.69. The number of hydrogen-bond acceptors (Lipinski definition) is 2. The first-order chi connectivity index (χ1) is 17.0. The second-order valence-corrected chi connectivity index (χ2v) is 10.0. The predicted octanol–water partition coefficient (Wildman–Crippen LogP) is 7.99.